The predicted octanol–water partition coefficient (Wildman–Crippen LogP) is 3.13. The average molecular weight is 281 g/mol. The Bertz CT molecular complexity index is 557. The summed E-state index contributed by atoms with van der Waals surface area (Å²) in [5.41, 5.74) is 7.05. The third-order valence-corrected chi connectivity index (χ3v) is 3.21. The number of methoxy groups -OCH3 is 1. The molecule has 1 atom stereocenters. The number of nitrogens with zero attached hydrogens (tertiary/aromatic N) is 1. The number of aromatic nitrogens is 1. The maximum absolute atomic E-state index is 13.7. The van der Waals surface area contributed by atoms with Crippen LogP contribution in [0.4, 0.5) is 4.39 Å². The fourth-order valence-corrected chi connectivity index (χ4v) is 2.14. The van der Waals surface area contributed by atoms with Crippen molar-refractivity contribution < 1.29 is 9.13 Å². The lowest BCUT2D eigenvalue weighted by molar-refractivity contribution is 0.401. The Balaban J connectivity index is 2.28. The number of pyridine rings is 1. The Hall–Kier alpha value is -1.65. The highest BCUT2D eigenvalue weighted by atomic mass is 35.5. The summed E-state index contributed by atoms with van der Waals surface area (Å²) in [6, 6.07) is 7.61. The second-order valence-electron chi connectivity index (χ2n) is 4.10. The van der Waals surface area contributed by atoms with Gasteiger partial charge in [0.2, 0.25) is 0 Å². The van der Waals surface area contributed by atoms with E-state index in [9.17, 15) is 4.39 Å². The van der Waals surface area contributed by atoms with Crippen LogP contribution in [-0.2, 0) is 6.42 Å². The van der Waals surface area contributed by atoms with Gasteiger partial charge in [-0.2, -0.15) is 0 Å². The average Bonchev–Trinajstić information content (AvgIpc) is 2.42. The molecule has 0 spiro atoms. The van der Waals surface area contributed by atoms with Gasteiger partial charge in [0.25, 0.3) is 0 Å². The van der Waals surface area contributed by atoms with Crippen molar-refractivity contribution in [2.24, 2.45) is 5.73 Å². The van der Waals surface area contributed by atoms with E-state index in [0.717, 1.165) is 0 Å². The Morgan fingerprint density at radius 3 is 2.84 bits per heavy atom. The van der Waals surface area contributed by atoms with Crippen molar-refractivity contribution in [1.82, 2.24) is 4.98 Å². The maximum Gasteiger partial charge on any atom is 0.141 e. The molecule has 0 amide bonds. The summed E-state index contributed by atoms with van der Waals surface area (Å²) in [6.07, 6.45) is 1.89. The van der Waals surface area contributed by atoms with E-state index in [1.54, 1.807) is 37.6 Å². The van der Waals surface area contributed by atoms with Crippen LogP contribution in [0.3, 0.4) is 0 Å². The van der Waals surface area contributed by atoms with Gasteiger partial charge >= 0.3 is 0 Å². The summed E-state index contributed by atoms with van der Waals surface area (Å²) in [4.78, 5) is 4.19. The van der Waals surface area contributed by atoms with Crippen LogP contribution in [0.15, 0.2) is 36.5 Å². The number of hydrogen-bond acceptors (Lipinski definition) is 3. The second-order valence-corrected chi connectivity index (χ2v) is 4.51. The molecule has 1 heterocycles. The van der Waals surface area contributed by atoms with Crippen molar-refractivity contribution in [3.63, 3.8) is 0 Å². The van der Waals surface area contributed by atoms with Gasteiger partial charge in [-0.1, -0.05) is 17.7 Å². The molecular formula is C14H14ClFN2O. The highest BCUT2D eigenvalue weighted by molar-refractivity contribution is 6.31. The minimum Gasteiger partial charge on any atom is -0.495 e. The van der Waals surface area contributed by atoms with Crippen LogP contribution in [0.25, 0.3) is 0 Å². The number of ether oxygens (including phenoxy) is 1. The van der Waals surface area contributed by atoms with Crippen molar-refractivity contribution >= 4 is 11.6 Å². The van der Waals surface area contributed by atoms with E-state index in [0.29, 0.717) is 22.0 Å². The number of rotatable bonds is 4. The van der Waals surface area contributed by atoms with Crippen molar-refractivity contribution in [2.75, 3.05) is 7.11 Å². The zero-order valence-electron chi connectivity index (χ0n) is 10.4. The van der Waals surface area contributed by atoms with Crippen LogP contribution < -0.4 is 10.5 Å². The van der Waals surface area contributed by atoms with Crippen molar-refractivity contribution in [3.8, 4) is 5.75 Å². The van der Waals surface area contributed by atoms with Gasteiger partial charge in [-0.05, 0) is 30.7 Å². The third kappa shape index (κ3) is 3.03. The van der Waals surface area contributed by atoms with E-state index in [4.69, 9.17) is 22.1 Å². The van der Waals surface area contributed by atoms with E-state index >= 15 is 0 Å². The molecule has 0 aliphatic heterocycles. The molecule has 0 saturated carbocycles. The lowest BCUT2D eigenvalue weighted by Gasteiger charge is -2.15. The highest BCUT2D eigenvalue weighted by Gasteiger charge is 2.17. The van der Waals surface area contributed by atoms with E-state index in [1.807, 2.05) is 0 Å². The molecule has 5 heteroatoms. The second kappa shape index (κ2) is 5.99. The molecule has 100 valence electrons. The highest BCUT2D eigenvalue weighted by Crippen LogP contribution is 2.27. The molecule has 1 aromatic heterocycles. The summed E-state index contributed by atoms with van der Waals surface area (Å²) in [5, 5.41) is 0.366. The molecule has 0 fully saturated rings. The van der Waals surface area contributed by atoms with Crippen molar-refractivity contribution in [2.45, 2.75) is 12.5 Å². The van der Waals surface area contributed by atoms with Gasteiger partial charge in [0, 0.05) is 16.8 Å². The van der Waals surface area contributed by atoms with Crippen LogP contribution in [-0.4, -0.2) is 12.1 Å². The number of benzene rings is 1. The minimum absolute atomic E-state index is 0.263. The molecular weight excluding hydrogens is 267 g/mol. The summed E-state index contributed by atoms with van der Waals surface area (Å²) >= 11 is 5.99. The Labute approximate surface area is 116 Å². The van der Waals surface area contributed by atoms with Gasteiger partial charge in [0.05, 0.1) is 18.8 Å². The van der Waals surface area contributed by atoms with Crippen LogP contribution in [0.1, 0.15) is 17.3 Å². The number of halogens is 2. The molecule has 0 radical (unpaired) electrons. The zero-order valence-corrected chi connectivity index (χ0v) is 11.2. The van der Waals surface area contributed by atoms with E-state index < -0.39 is 6.04 Å². The van der Waals surface area contributed by atoms with Gasteiger partial charge in [0.15, 0.2) is 0 Å². The monoisotopic (exact) mass is 280 g/mol. The molecule has 0 saturated heterocycles. The standard InChI is InChI=1S/C14H14ClFN2O/c1-19-13-6-3-7-18-14(13)12(17)8-9-10(15)4-2-5-11(9)16/h2-7,12H,8,17H2,1H3. The molecule has 1 unspecified atom stereocenters. The Kier molecular flexibility index (Phi) is 4.35. The van der Waals surface area contributed by atoms with E-state index in [1.165, 1.54) is 6.07 Å². The van der Waals surface area contributed by atoms with Crippen molar-refractivity contribution in [3.05, 3.63) is 58.6 Å². The fraction of sp³-hybridized carbons (Fsp3) is 0.214. The van der Waals surface area contributed by atoms with Crippen LogP contribution in [0, 0.1) is 5.82 Å². The van der Waals surface area contributed by atoms with Gasteiger partial charge < -0.3 is 10.5 Å². The normalized spacial score (nSPS) is 12.2. The maximum atomic E-state index is 13.7. The summed E-state index contributed by atoms with van der Waals surface area (Å²) < 4.78 is 18.9. The summed E-state index contributed by atoms with van der Waals surface area (Å²) in [7, 11) is 1.54. The Morgan fingerprint density at radius 1 is 1.37 bits per heavy atom. The third-order valence-electron chi connectivity index (χ3n) is 2.86. The molecule has 0 aliphatic rings. The fourth-order valence-electron chi connectivity index (χ4n) is 1.90. The molecule has 2 aromatic rings. The Morgan fingerprint density at radius 2 is 2.16 bits per heavy atom. The molecule has 0 bridgehead atoms. The van der Waals surface area contributed by atoms with E-state index in [-0.39, 0.29) is 12.2 Å². The molecule has 3 nitrogen and oxygen atoms in total. The smallest absolute Gasteiger partial charge is 0.141 e. The van der Waals surface area contributed by atoms with Crippen LogP contribution in [0.5, 0.6) is 5.75 Å². The zero-order chi connectivity index (χ0) is 13.8. The first-order valence-corrected chi connectivity index (χ1v) is 6.18. The van der Waals surface area contributed by atoms with Gasteiger partial charge in [-0.15, -0.1) is 0 Å². The van der Waals surface area contributed by atoms with Crippen LogP contribution >= 0.6 is 11.6 Å². The predicted molar refractivity (Wildman–Crippen MR) is 72.8 cm³/mol. The topological polar surface area (TPSA) is 48.1 Å². The van der Waals surface area contributed by atoms with Crippen LogP contribution in [0.2, 0.25) is 5.02 Å². The SMILES string of the molecule is COc1cccnc1C(N)Cc1c(F)cccc1Cl. The van der Waals surface area contributed by atoms with Gasteiger partial charge in [-0.25, -0.2) is 4.39 Å². The molecule has 19 heavy (non-hydrogen) atoms. The van der Waals surface area contributed by atoms with Gasteiger partial charge in [0.1, 0.15) is 11.6 Å². The first-order valence-electron chi connectivity index (χ1n) is 5.81. The molecule has 0 aliphatic carbocycles. The molecule has 2 N–H and O–H groups in total. The lowest BCUT2D eigenvalue weighted by Crippen LogP contribution is -2.17. The molecule has 1 aromatic carbocycles. The summed E-state index contributed by atoms with van der Waals surface area (Å²) in [5.74, 6) is 0.223. The minimum atomic E-state index is -0.481. The summed E-state index contributed by atoms with van der Waals surface area (Å²) in [6.45, 7) is 0. The first-order chi connectivity index (χ1) is 9.13. The lowest BCUT2D eigenvalue weighted by atomic mass is 10.0. The first kappa shape index (κ1) is 13.8. The number of hydrogen-bond donors (Lipinski definition) is 1. The largest absolute Gasteiger partial charge is 0.495 e. The quantitative estimate of drug-likeness (QED) is 0.936. The molecule has 2 rings (SSSR count). The van der Waals surface area contributed by atoms with E-state index in [2.05, 4.69) is 4.98 Å². The van der Waals surface area contributed by atoms with Gasteiger partial charge in [-0.3, -0.25) is 4.98 Å². The van der Waals surface area contributed by atoms with Crippen molar-refractivity contribution in [1.29, 1.82) is 0 Å². The number of nitrogens with two attached hydrogens (primary N) is 1.